The number of rotatable bonds is 5. The zero-order chi connectivity index (χ0) is 14.7. The van der Waals surface area contributed by atoms with Gasteiger partial charge in [-0.15, -0.1) is 10.2 Å². The van der Waals surface area contributed by atoms with Gasteiger partial charge in [0.25, 0.3) is 0 Å². The van der Waals surface area contributed by atoms with Gasteiger partial charge < -0.3 is 14.8 Å². The SMILES string of the molecule is C[C@@H](NC(=O)CSc1nncs1)c1ccc2c(c1)OCO2. The first kappa shape index (κ1) is 14.2. The Morgan fingerprint density at radius 3 is 3.14 bits per heavy atom. The second-order valence-electron chi connectivity index (χ2n) is 4.40. The number of benzene rings is 1. The standard InChI is InChI=1S/C13H13N3O3S2/c1-8(9-2-3-10-11(4-9)19-7-18-10)15-12(17)5-20-13-16-14-6-21-13/h2-4,6,8H,5,7H2,1H3,(H,15,17)/t8-/m1/s1. The Morgan fingerprint density at radius 2 is 2.33 bits per heavy atom. The van der Waals surface area contributed by atoms with Crippen LogP contribution in [-0.2, 0) is 4.79 Å². The van der Waals surface area contributed by atoms with Crippen LogP contribution < -0.4 is 14.8 Å². The quantitative estimate of drug-likeness (QED) is 0.851. The van der Waals surface area contributed by atoms with Crippen molar-refractivity contribution in [3.05, 3.63) is 29.3 Å². The number of hydrogen-bond acceptors (Lipinski definition) is 7. The van der Waals surface area contributed by atoms with E-state index in [4.69, 9.17) is 9.47 Å². The molecule has 0 aliphatic carbocycles. The molecule has 110 valence electrons. The molecule has 2 aromatic rings. The number of ether oxygens (including phenoxy) is 2. The maximum absolute atomic E-state index is 11.9. The lowest BCUT2D eigenvalue weighted by molar-refractivity contribution is -0.119. The van der Waals surface area contributed by atoms with Gasteiger partial charge in [0.1, 0.15) is 5.51 Å². The first-order valence-corrected chi connectivity index (χ1v) is 8.17. The lowest BCUT2D eigenvalue weighted by Gasteiger charge is -2.14. The van der Waals surface area contributed by atoms with Crippen molar-refractivity contribution in [3.63, 3.8) is 0 Å². The van der Waals surface area contributed by atoms with E-state index in [0.717, 1.165) is 21.4 Å². The first-order chi connectivity index (χ1) is 10.2. The Labute approximate surface area is 129 Å². The number of nitrogens with zero attached hydrogens (tertiary/aromatic N) is 2. The van der Waals surface area contributed by atoms with Gasteiger partial charge in [-0.3, -0.25) is 4.79 Å². The van der Waals surface area contributed by atoms with Crippen LogP contribution >= 0.6 is 23.1 Å². The minimum absolute atomic E-state index is 0.0413. The van der Waals surface area contributed by atoms with E-state index in [9.17, 15) is 4.79 Å². The zero-order valence-electron chi connectivity index (χ0n) is 11.2. The van der Waals surface area contributed by atoms with Crippen LogP contribution in [0.15, 0.2) is 28.0 Å². The molecule has 0 fully saturated rings. The molecule has 21 heavy (non-hydrogen) atoms. The lowest BCUT2D eigenvalue weighted by Crippen LogP contribution is -2.28. The Hall–Kier alpha value is -1.80. The van der Waals surface area contributed by atoms with Crippen molar-refractivity contribution in [2.75, 3.05) is 12.5 Å². The highest BCUT2D eigenvalue weighted by Gasteiger charge is 2.17. The second kappa shape index (κ2) is 6.31. The van der Waals surface area contributed by atoms with Crippen LogP contribution in [0.25, 0.3) is 0 Å². The van der Waals surface area contributed by atoms with Crippen molar-refractivity contribution in [3.8, 4) is 11.5 Å². The number of fused-ring (bicyclic) bond motifs is 1. The molecule has 1 N–H and O–H groups in total. The second-order valence-corrected chi connectivity index (χ2v) is 6.45. The van der Waals surface area contributed by atoms with E-state index in [0.29, 0.717) is 5.75 Å². The molecule has 3 rings (SSSR count). The summed E-state index contributed by atoms with van der Waals surface area (Å²) >= 11 is 2.80. The third kappa shape index (κ3) is 3.45. The molecule has 0 bridgehead atoms. The van der Waals surface area contributed by atoms with E-state index >= 15 is 0 Å². The van der Waals surface area contributed by atoms with Gasteiger partial charge in [0.15, 0.2) is 15.8 Å². The third-order valence-corrected chi connectivity index (χ3v) is 4.80. The van der Waals surface area contributed by atoms with E-state index in [1.54, 1.807) is 5.51 Å². The highest BCUT2D eigenvalue weighted by molar-refractivity contribution is 8.01. The van der Waals surface area contributed by atoms with Gasteiger partial charge in [0, 0.05) is 0 Å². The number of nitrogens with one attached hydrogen (secondary N) is 1. The summed E-state index contributed by atoms with van der Waals surface area (Å²) in [6.45, 7) is 2.18. The number of aromatic nitrogens is 2. The van der Waals surface area contributed by atoms with Crippen LogP contribution in [0.5, 0.6) is 11.5 Å². The fourth-order valence-corrected chi connectivity index (χ4v) is 3.20. The molecule has 1 aliphatic heterocycles. The van der Waals surface area contributed by atoms with Crippen molar-refractivity contribution in [2.45, 2.75) is 17.3 Å². The molecule has 2 heterocycles. The molecule has 0 radical (unpaired) electrons. The monoisotopic (exact) mass is 323 g/mol. The number of carbonyl (C=O) groups is 1. The summed E-state index contributed by atoms with van der Waals surface area (Å²) in [6, 6.07) is 5.58. The molecular formula is C13H13N3O3S2. The minimum atomic E-state index is -0.0954. The molecule has 8 heteroatoms. The van der Waals surface area contributed by atoms with E-state index in [1.807, 2.05) is 25.1 Å². The highest BCUT2D eigenvalue weighted by atomic mass is 32.2. The Morgan fingerprint density at radius 1 is 1.48 bits per heavy atom. The van der Waals surface area contributed by atoms with Gasteiger partial charge in [-0.05, 0) is 24.6 Å². The van der Waals surface area contributed by atoms with Crippen molar-refractivity contribution in [1.29, 1.82) is 0 Å². The summed E-state index contributed by atoms with van der Waals surface area (Å²) in [4.78, 5) is 11.9. The molecule has 1 aromatic heterocycles. The van der Waals surface area contributed by atoms with Crippen LogP contribution in [0.3, 0.4) is 0 Å². The van der Waals surface area contributed by atoms with Crippen molar-refractivity contribution in [2.24, 2.45) is 0 Å². The third-order valence-electron chi connectivity index (χ3n) is 2.94. The maximum atomic E-state index is 11.9. The fourth-order valence-electron chi connectivity index (χ4n) is 1.90. The van der Waals surface area contributed by atoms with Crippen molar-refractivity contribution >= 4 is 29.0 Å². The number of hydrogen-bond donors (Lipinski definition) is 1. The maximum Gasteiger partial charge on any atom is 0.231 e. The van der Waals surface area contributed by atoms with Crippen LogP contribution in [0, 0.1) is 0 Å². The van der Waals surface area contributed by atoms with Gasteiger partial charge in [0.05, 0.1) is 11.8 Å². The van der Waals surface area contributed by atoms with Gasteiger partial charge in [-0.1, -0.05) is 29.2 Å². The van der Waals surface area contributed by atoms with E-state index in [1.165, 1.54) is 23.1 Å². The average Bonchev–Trinajstić information content (AvgIpc) is 3.15. The van der Waals surface area contributed by atoms with Crippen LogP contribution in [-0.4, -0.2) is 28.7 Å². The Kier molecular flexibility index (Phi) is 4.26. The molecule has 6 nitrogen and oxygen atoms in total. The van der Waals surface area contributed by atoms with E-state index in [-0.39, 0.29) is 18.7 Å². The van der Waals surface area contributed by atoms with Crippen LogP contribution in [0.4, 0.5) is 0 Å². The van der Waals surface area contributed by atoms with Gasteiger partial charge in [-0.2, -0.15) is 0 Å². The van der Waals surface area contributed by atoms with Crippen molar-refractivity contribution < 1.29 is 14.3 Å². The molecule has 1 atom stereocenters. The molecule has 0 unspecified atom stereocenters. The average molecular weight is 323 g/mol. The van der Waals surface area contributed by atoms with Crippen molar-refractivity contribution in [1.82, 2.24) is 15.5 Å². The van der Waals surface area contributed by atoms with Crippen LogP contribution in [0.2, 0.25) is 0 Å². The molecule has 0 spiro atoms. The Balaban J connectivity index is 1.55. The first-order valence-electron chi connectivity index (χ1n) is 6.30. The predicted octanol–water partition coefficient (Wildman–Crippen LogP) is 2.24. The molecule has 1 aliphatic rings. The number of thioether (sulfide) groups is 1. The molecule has 0 saturated heterocycles. The summed E-state index contributed by atoms with van der Waals surface area (Å²) in [7, 11) is 0. The van der Waals surface area contributed by atoms with Gasteiger partial charge >= 0.3 is 0 Å². The van der Waals surface area contributed by atoms with Gasteiger partial charge in [0.2, 0.25) is 12.7 Å². The number of carbonyl (C=O) groups excluding carboxylic acids is 1. The van der Waals surface area contributed by atoms with E-state index < -0.39 is 0 Å². The van der Waals surface area contributed by atoms with Gasteiger partial charge in [-0.25, -0.2) is 0 Å². The van der Waals surface area contributed by atoms with Crippen LogP contribution in [0.1, 0.15) is 18.5 Å². The molecule has 1 aromatic carbocycles. The lowest BCUT2D eigenvalue weighted by atomic mass is 10.1. The molecular weight excluding hydrogens is 310 g/mol. The summed E-state index contributed by atoms with van der Waals surface area (Å²) in [6.07, 6.45) is 0. The molecule has 1 amide bonds. The van der Waals surface area contributed by atoms with E-state index in [2.05, 4.69) is 15.5 Å². The summed E-state index contributed by atoms with van der Waals surface area (Å²) in [5.74, 6) is 1.74. The predicted molar refractivity (Wildman–Crippen MR) is 79.8 cm³/mol. The molecule has 0 saturated carbocycles. The summed E-state index contributed by atoms with van der Waals surface area (Å²) in [5.41, 5.74) is 2.63. The summed E-state index contributed by atoms with van der Waals surface area (Å²) in [5, 5.41) is 10.6. The highest BCUT2D eigenvalue weighted by Crippen LogP contribution is 2.34. The fraction of sp³-hybridized carbons (Fsp3) is 0.308. The smallest absolute Gasteiger partial charge is 0.231 e. The largest absolute Gasteiger partial charge is 0.454 e. The minimum Gasteiger partial charge on any atom is -0.454 e. The topological polar surface area (TPSA) is 73.3 Å². The summed E-state index contributed by atoms with van der Waals surface area (Å²) < 4.78 is 11.4. The zero-order valence-corrected chi connectivity index (χ0v) is 12.9. The number of amides is 1. The Bertz CT molecular complexity index is 634. The normalized spacial score (nSPS) is 14.0.